The Labute approximate surface area is 180 Å². The van der Waals surface area contributed by atoms with E-state index in [0.29, 0.717) is 6.42 Å². The Kier molecular flexibility index (Phi) is 6.23. The standard InChI is InChI=1S/C22H25N5O2S/c1-3-20-25-26-22(30-20)24-19-11-5-9-17(23-19)18-10-6-12-27(18)21(28)14-15-7-4-8-16(13-15)29-2/h4-5,7-9,11,13,18H,3,6,10,12,14H2,1-2H3,(H,23,24,26)/t18-/m1/s1. The van der Waals surface area contributed by atoms with Crippen molar-refractivity contribution >= 4 is 28.2 Å². The van der Waals surface area contributed by atoms with Crippen molar-refractivity contribution in [3.63, 3.8) is 0 Å². The number of carbonyl (C=O) groups excluding carboxylic acids is 1. The molecule has 0 spiro atoms. The van der Waals surface area contributed by atoms with E-state index in [1.165, 1.54) is 11.3 Å². The first-order valence-corrected chi connectivity index (χ1v) is 11.0. The number of amides is 1. The van der Waals surface area contributed by atoms with Crippen LogP contribution in [0.2, 0.25) is 0 Å². The van der Waals surface area contributed by atoms with Crippen LogP contribution < -0.4 is 10.1 Å². The molecule has 1 atom stereocenters. The fraction of sp³-hybridized carbons (Fsp3) is 0.364. The fourth-order valence-corrected chi connectivity index (χ4v) is 4.38. The summed E-state index contributed by atoms with van der Waals surface area (Å²) in [6.45, 7) is 2.81. The number of hydrogen-bond acceptors (Lipinski definition) is 7. The first-order valence-electron chi connectivity index (χ1n) is 10.1. The Hall–Kier alpha value is -3.00. The molecule has 1 aliphatic rings. The van der Waals surface area contributed by atoms with Crippen LogP contribution in [0.3, 0.4) is 0 Å². The van der Waals surface area contributed by atoms with Crippen molar-refractivity contribution in [3.8, 4) is 5.75 Å². The molecule has 1 amide bonds. The molecule has 0 radical (unpaired) electrons. The van der Waals surface area contributed by atoms with E-state index < -0.39 is 0 Å². The molecular weight excluding hydrogens is 398 g/mol. The van der Waals surface area contributed by atoms with Crippen LogP contribution in [-0.2, 0) is 17.6 Å². The Morgan fingerprint density at radius 3 is 2.93 bits per heavy atom. The van der Waals surface area contributed by atoms with Crippen LogP contribution in [0, 0.1) is 0 Å². The third-order valence-electron chi connectivity index (χ3n) is 5.18. The zero-order chi connectivity index (χ0) is 20.9. The van der Waals surface area contributed by atoms with E-state index >= 15 is 0 Å². The molecule has 1 aromatic carbocycles. The van der Waals surface area contributed by atoms with Crippen LogP contribution in [-0.4, -0.2) is 39.6 Å². The van der Waals surface area contributed by atoms with Gasteiger partial charge in [-0.1, -0.05) is 36.5 Å². The summed E-state index contributed by atoms with van der Waals surface area (Å²) in [6, 6.07) is 13.5. The number of aromatic nitrogens is 3. The molecule has 0 saturated carbocycles. The summed E-state index contributed by atoms with van der Waals surface area (Å²) in [5.41, 5.74) is 1.85. The van der Waals surface area contributed by atoms with E-state index in [4.69, 9.17) is 9.72 Å². The van der Waals surface area contributed by atoms with Crippen LogP contribution in [0.5, 0.6) is 5.75 Å². The summed E-state index contributed by atoms with van der Waals surface area (Å²) in [5.74, 6) is 1.60. The molecule has 156 valence electrons. The summed E-state index contributed by atoms with van der Waals surface area (Å²) in [5, 5.41) is 13.2. The number of nitrogens with zero attached hydrogens (tertiary/aromatic N) is 4. The number of carbonyl (C=O) groups is 1. The summed E-state index contributed by atoms with van der Waals surface area (Å²) in [4.78, 5) is 19.8. The lowest BCUT2D eigenvalue weighted by molar-refractivity contribution is -0.131. The van der Waals surface area contributed by atoms with Gasteiger partial charge in [0.2, 0.25) is 11.0 Å². The Balaban J connectivity index is 1.48. The number of rotatable bonds is 7. The van der Waals surface area contributed by atoms with Crippen molar-refractivity contribution < 1.29 is 9.53 Å². The summed E-state index contributed by atoms with van der Waals surface area (Å²) in [7, 11) is 1.63. The van der Waals surface area contributed by atoms with Crippen molar-refractivity contribution in [1.82, 2.24) is 20.1 Å². The molecule has 1 N–H and O–H groups in total. The molecule has 1 fully saturated rings. The average Bonchev–Trinajstić information content (AvgIpc) is 3.43. The normalized spacial score (nSPS) is 15.9. The molecule has 3 aromatic rings. The van der Waals surface area contributed by atoms with E-state index in [-0.39, 0.29) is 11.9 Å². The molecule has 0 bridgehead atoms. The highest BCUT2D eigenvalue weighted by atomic mass is 32.1. The fourth-order valence-electron chi connectivity index (χ4n) is 3.69. The number of hydrogen-bond donors (Lipinski definition) is 1. The largest absolute Gasteiger partial charge is 0.497 e. The molecule has 7 nitrogen and oxygen atoms in total. The van der Waals surface area contributed by atoms with Crippen molar-refractivity contribution in [2.24, 2.45) is 0 Å². The monoisotopic (exact) mass is 423 g/mol. The van der Waals surface area contributed by atoms with Crippen LogP contribution in [0.15, 0.2) is 42.5 Å². The van der Waals surface area contributed by atoms with Gasteiger partial charge in [-0.05, 0) is 49.1 Å². The second-order valence-corrected chi connectivity index (χ2v) is 8.26. The summed E-state index contributed by atoms with van der Waals surface area (Å²) >= 11 is 1.53. The van der Waals surface area contributed by atoms with E-state index in [1.54, 1.807) is 7.11 Å². The maximum Gasteiger partial charge on any atom is 0.227 e. The van der Waals surface area contributed by atoms with Crippen LogP contribution in [0.4, 0.5) is 10.9 Å². The third kappa shape index (κ3) is 4.59. The number of aryl methyl sites for hydroxylation is 1. The number of benzene rings is 1. The molecule has 30 heavy (non-hydrogen) atoms. The summed E-state index contributed by atoms with van der Waals surface area (Å²) < 4.78 is 5.27. The zero-order valence-electron chi connectivity index (χ0n) is 17.2. The Bertz CT molecular complexity index is 1020. The number of nitrogens with one attached hydrogen (secondary N) is 1. The molecule has 8 heteroatoms. The van der Waals surface area contributed by atoms with Gasteiger partial charge in [0.05, 0.1) is 25.3 Å². The first kappa shape index (κ1) is 20.3. The molecule has 1 saturated heterocycles. The maximum atomic E-state index is 13.0. The Morgan fingerprint density at radius 2 is 2.13 bits per heavy atom. The van der Waals surface area contributed by atoms with E-state index in [2.05, 4.69) is 22.4 Å². The van der Waals surface area contributed by atoms with Crippen molar-refractivity contribution in [1.29, 1.82) is 0 Å². The van der Waals surface area contributed by atoms with Gasteiger partial charge in [0.25, 0.3) is 0 Å². The molecule has 2 aromatic heterocycles. The van der Waals surface area contributed by atoms with Crippen molar-refractivity contribution in [2.75, 3.05) is 19.0 Å². The molecule has 0 aliphatic carbocycles. The number of likely N-dealkylation sites (tertiary alicyclic amines) is 1. The number of methoxy groups -OCH3 is 1. The highest BCUT2D eigenvalue weighted by Gasteiger charge is 2.31. The molecule has 0 unspecified atom stereocenters. The summed E-state index contributed by atoms with van der Waals surface area (Å²) in [6.07, 6.45) is 3.11. The van der Waals surface area contributed by atoms with Gasteiger partial charge >= 0.3 is 0 Å². The molecule has 4 rings (SSSR count). The topological polar surface area (TPSA) is 80.2 Å². The molecule has 1 aliphatic heterocycles. The SMILES string of the molecule is CCc1nnc(Nc2cccc([C@H]3CCCN3C(=O)Cc3cccc(OC)c3)n2)s1. The Morgan fingerprint density at radius 1 is 1.27 bits per heavy atom. The second kappa shape index (κ2) is 9.21. The molecule has 3 heterocycles. The lowest BCUT2D eigenvalue weighted by Gasteiger charge is -2.25. The lowest BCUT2D eigenvalue weighted by atomic mass is 10.1. The van der Waals surface area contributed by atoms with Crippen LogP contribution in [0.1, 0.15) is 42.1 Å². The molecular formula is C22H25N5O2S. The first-order chi connectivity index (χ1) is 14.7. The van der Waals surface area contributed by atoms with Gasteiger partial charge in [-0.25, -0.2) is 4.98 Å². The lowest BCUT2D eigenvalue weighted by Crippen LogP contribution is -2.32. The third-order valence-corrected chi connectivity index (χ3v) is 6.16. The van der Waals surface area contributed by atoms with Crippen LogP contribution in [0.25, 0.3) is 0 Å². The number of pyridine rings is 1. The smallest absolute Gasteiger partial charge is 0.227 e. The van der Waals surface area contributed by atoms with Gasteiger partial charge in [0.15, 0.2) is 0 Å². The van der Waals surface area contributed by atoms with E-state index in [1.807, 2.05) is 47.4 Å². The minimum absolute atomic E-state index is 0.00881. The van der Waals surface area contributed by atoms with Gasteiger partial charge in [-0.2, -0.15) is 0 Å². The average molecular weight is 424 g/mol. The minimum Gasteiger partial charge on any atom is -0.497 e. The van der Waals surface area contributed by atoms with Gasteiger partial charge in [0, 0.05) is 6.54 Å². The van der Waals surface area contributed by atoms with Crippen molar-refractivity contribution in [3.05, 3.63) is 58.7 Å². The maximum absolute atomic E-state index is 13.0. The van der Waals surface area contributed by atoms with Crippen molar-refractivity contribution in [2.45, 2.75) is 38.6 Å². The van der Waals surface area contributed by atoms with E-state index in [9.17, 15) is 4.79 Å². The predicted octanol–water partition coefficient (Wildman–Crippen LogP) is 4.15. The van der Waals surface area contributed by atoms with Gasteiger partial charge < -0.3 is 15.0 Å². The highest BCUT2D eigenvalue weighted by molar-refractivity contribution is 7.15. The minimum atomic E-state index is -0.00881. The quantitative estimate of drug-likeness (QED) is 0.615. The van der Waals surface area contributed by atoms with Gasteiger partial charge in [-0.15, -0.1) is 10.2 Å². The van der Waals surface area contributed by atoms with Crippen LogP contribution >= 0.6 is 11.3 Å². The number of ether oxygens (including phenoxy) is 1. The number of anilines is 2. The zero-order valence-corrected chi connectivity index (χ0v) is 18.0. The second-order valence-electron chi connectivity index (χ2n) is 7.20. The van der Waals surface area contributed by atoms with E-state index in [0.717, 1.165) is 58.8 Å². The highest BCUT2D eigenvalue weighted by Crippen LogP contribution is 2.32. The van der Waals surface area contributed by atoms with Gasteiger partial charge in [0.1, 0.15) is 16.6 Å². The van der Waals surface area contributed by atoms with Gasteiger partial charge in [-0.3, -0.25) is 4.79 Å². The predicted molar refractivity (Wildman–Crippen MR) is 117 cm³/mol.